The number of aliphatic carboxylic acids is 1. The third-order valence-electron chi connectivity index (χ3n) is 3.26. The van der Waals surface area contributed by atoms with Gasteiger partial charge in [0.1, 0.15) is 0 Å². The Morgan fingerprint density at radius 1 is 1.30 bits per heavy atom. The molecule has 2 N–H and O–H groups in total. The fraction of sp³-hybridized carbons (Fsp3) is 0.857. The summed E-state index contributed by atoms with van der Waals surface area (Å²) in [6, 6.07) is 0.104. The van der Waals surface area contributed by atoms with Crippen LogP contribution in [0.4, 0.5) is 4.79 Å². The summed E-state index contributed by atoms with van der Waals surface area (Å²) in [5.74, 6) is -0.767. The van der Waals surface area contributed by atoms with Crippen molar-refractivity contribution in [3.63, 3.8) is 0 Å². The molecule has 0 aliphatic carbocycles. The minimum atomic E-state index is -0.767. The second-order valence-corrected chi connectivity index (χ2v) is 4.88. The molecule has 0 aromatic carbocycles. The summed E-state index contributed by atoms with van der Waals surface area (Å²) in [4.78, 5) is 24.2. The molecule has 0 fully saturated rings. The Hall–Kier alpha value is -1.30. The van der Waals surface area contributed by atoms with Crippen LogP contribution in [0.5, 0.6) is 0 Å². The lowest BCUT2D eigenvalue weighted by molar-refractivity contribution is -0.137. The van der Waals surface area contributed by atoms with Crippen molar-refractivity contribution in [3.05, 3.63) is 0 Å². The lowest BCUT2D eigenvalue weighted by Gasteiger charge is -2.28. The molecule has 2 amide bonds. The molecule has 1 atom stereocenters. The van der Waals surface area contributed by atoms with Crippen molar-refractivity contribution in [2.75, 3.05) is 26.8 Å². The average molecular weight is 288 g/mol. The van der Waals surface area contributed by atoms with E-state index in [0.717, 1.165) is 19.3 Å². The summed E-state index contributed by atoms with van der Waals surface area (Å²) in [5, 5.41) is 11.4. The maximum Gasteiger partial charge on any atom is 0.317 e. The molecule has 20 heavy (non-hydrogen) atoms. The lowest BCUT2D eigenvalue weighted by atomic mass is 10.2. The van der Waals surface area contributed by atoms with Gasteiger partial charge in [0.25, 0.3) is 0 Å². The Kier molecular flexibility index (Phi) is 10.8. The third-order valence-corrected chi connectivity index (χ3v) is 3.26. The van der Waals surface area contributed by atoms with Gasteiger partial charge in [0.05, 0.1) is 6.61 Å². The van der Waals surface area contributed by atoms with Crippen LogP contribution in [0.15, 0.2) is 0 Å². The van der Waals surface area contributed by atoms with Crippen LogP contribution in [0.1, 0.15) is 46.0 Å². The largest absolute Gasteiger partial charge is 0.481 e. The smallest absolute Gasteiger partial charge is 0.317 e. The Morgan fingerprint density at radius 3 is 2.55 bits per heavy atom. The number of carboxylic acid groups (broad SMARTS) is 1. The van der Waals surface area contributed by atoms with E-state index >= 15 is 0 Å². The number of hydrogen-bond acceptors (Lipinski definition) is 3. The molecule has 0 spiro atoms. The number of rotatable bonds is 11. The number of nitrogens with zero attached hydrogens (tertiary/aromatic N) is 1. The molecule has 1 unspecified atom stereocenters. The van der Waals surface area contributed by atoms with Crippen LogP contribution in [-0.2, 0) is 9.53 Å². The molecule has 0 heterocycles. The summed E-state index contributed by atoms with van der Waals surface area (Å²) >= 11 is 0. The quantitative estimate of drug-likeness (QED) is 0.571. The molecule has 0 rings (SSSR count). The highest BCUT2D eigenvalue weighted by atomic mass is 16.5. The number of carbonyl (C=O) groups is 2. The van der Waals surface area contributed by atoms with Crippen LogP contribution in [0.25, 0.3) is 0 Å². The SMILES string of the molecule is CCC(C)N(CCOC)C(=O)NCCCCCC(=O)O. The number of unbranched alkanes of at least 4 members (excludes halogenated alkanes) is 2. The highest BCUT2D eigenvalue weighted by molar-refractivity contribution is 5.74. The predicted octanol–water partition coefficient (Wildman–Crippen LogP) is 2.09. The van der Waals surface area contributed by atoms with Crippen LogP contribution in [0.3, 0.4) is 0 Å². The van der Waals surface area contributed by atoms with Crippen molar-refractivity contribution < 1.29 is 19.4 Å². The molecule has 0 aromatic heterocycles. The Balaban J connectivity index is 3.91. The van der Waals surface area contributed by atoms with E-state index in [1.54, 1.807) is 12.0 Å². The fourth-order valence-electron chi connectivity index (χ4n) is 1.81. The first-order chi connectivity index (χ1) is 9.52. The van der Waals surface area contributed by atoms with Crippen molar-refractivity contribution in [1.29, 1.82) is 0 Å². The minimum Gasteiger partial charge on any atom is -0.481 e. The fourth-order valence-corrected chi connectivity index (χ4v) is 1.81. The van der Waals surface area contributed by atoms with Gasteiger partial charge < -0.3 is 20.1 Å². The number of carbonyl (C=O) groups excluding carboxylic acids is 1. The maximum absolute atomic E-state index is 12.1. The Bertz CT molecular complexity index is 284. The van der Waals surface area contributed by atoms with Crippen molar-refractivity contribution in [2.24, 2.45) is 0 Å². The van der Waals surface area contributed by atoms with E-state index in [9.17, 15) is 9.59 Å². The molecule has 0 aromatic rings. The van der Waals surface area contributed by atoms with Crippen LogP contribution >= 0.6 is 0 Å². The van der Waals surface area contributed by atoms with Crippen molar-refractivity contribution in [3.8, 4) is 0 Å². The van der Waals surface area contributed by atoms with E-state index < -0.39 is 5.97 Å². The van der Waals surface area contributed by atoms with Crippen molar-refractivity contribution >= 4 is 12.0 Å². The zero-order valence-electron chi connectivity index (χ0n) is 12.9. The number of hydrogen-bond donors (Lipinski definition) is 2. The third kappa shape index (κ3) is 8.74. The summed E-state index contributed by atoms with van der Waals surface area (Å²) in [5.41, 5.74) is 0. The summed E-state index contributed by atoms with van der Waals surface area (Å²) in [7, 11) is 1.62. The number of amides is 2. The minimum absolute atomic E-state index is 0.0744. The van der Waals surface area contributed by atoms with E-state index in [1.807, 2.05) is 13.8 Å². The summed E-state index contributed by atoms with van der Waals surface area (Å²) < 4.78 is 5.02. The van der Waals surface area contributed by atoms with E-state index in [-0.39, 0.29) is 18.5 Å². The summed E-state index contributed by atoms with van der Waals surface area (Å²) in [6.45, 7) is 5.75. The molecule has 6 nitrogen and oxygen atoms in total. The molecule has 0 aliphatic heterocycles. The van der Waals surface area contributed by atoms with Gasteiger partial charge in [-0.2, -0.15) is 0 Å². The highest BCUT2D eigenvalue weighted by Crippen LogP contribution is 2.04. The first-order valence-corrected chi connectivity index (χ1v) is 7.28. The van der Waals surface area contributed by atoms with Gasteiger partial charge in [0.15, 0.2) is 0 Å². The van der Waals surface area contributed by atoms with Crippen LogP contribution < -0.4 is 5.32 Å². The van der Waals surface area contributed by atoms with Gasteiger partial charge in [0, 0.05) is 32.7 Å². The number of ether oxygens (including phenoxy) is 1. The number of urea groups is 1. The van der Waals surface area contributed by atoms with Gasteiger partial charge in [-0.25, -0.2) is 4.79 Å². The number of methoxy groups -OCH3 is 1. The molecular formula is C14H28N2O4. The van der Waals surface area contributed by atoms with E-state index in [2.05, 4.69) is 5.32 Å². The summed E-state index contributed by atoms with van der Waals surface area (Å²) in [6.07, 6.45) is 3.37. The van der Waals surface area contributed by atoms with Gasteiger partial charge in [-0.1, -0.05) is 13.3 Å². The van der Waals surface area contributed by atoms with Gasteiger partial charge in [-0.3, -0.25) is 4.79 Å². The number of carboxylic acids is 1. The zero-order valence-corrected chi connectivity index (χ0v) is 12.9. The molecule has 0 bridgehead atoms. The zero-order chi connectivity index (χ0) is 15.4. The van der Waals surface area contributed by atoms with Gasteiger partial charge in [-0.15, -0.1) is 0 Å². The van der Waals surface area contributed by atoms with Crippen molar-refractivity contribution in [1.82, 2.24) is 10.2 Å². The predicted molar refractivity (Wildman–Crippen MR) is 77.8 cm³/mol. The molecular weight excluding hydrogens is 260 g/mol. The second-order valence-electron chi connectivity index (χ2n) is 4.88. The van der Waals surface area contributed by atoms with E-state index in [0.29, 0.717) is 26.1 Å². The van der Waals surface area contributed by atoms with E-state index in [4.69, 9.17) is 9.84 Å². The van der Waals surface area contributed by atoms with Crippen LogP contribution in [-0.4, -0.2) is 54.9 Å². The normalized spacial score (nSPS) is 11.9. The monoisotopic (exact) mass is 288 g/mol. The first-order valence-electron chi connectivity index (χ1n) is 7.28. The van der Waals surface area contributed by atoms with Crippen molar-refractivity contribution in [2.45, 2.75) is 52.0 Å². The second kappa shape index (κ2) is 11.5. The van der Waals surface area contributed by atoms with Crippen LogP contribution in [0.2, 0.25) is 0 Å². The lowest BCUT2D eigenvalue weighted by Crippen LogP contribution is -2.46. The topological polar surface area (TPSA) is 78.9 Å². The number of nitrogens with one attached hydrogen (secondary N) is 1. The van der Waals surface area contributed by atoms with Crippen LogP contribution in [0, 0.1) is 0 Å². The molecule has 0 saturated carbocycles. The molecule has 0 aliphatic rings. The average Bonchev–Trinajstić information content (AvgIpc) is 2.42. The first kappa shape index (κ1) is 18.7. The molecule has 0 saturated heterocycles. The molecule has 0 radical (unpaired) electrons. The maximum atomic E-state index is 12.1. The standard InChI is InChI=1S/C14H28N2O4/c1-4-12(2)16(10-11-20-3)14(19)15-9-7-5-6-8-13(17)18/h12H,4-11H2,1-3H3,(H,15,19)(H,17,18). The van der Waals surface area contributed by atoms with Gasteiger partial charge >= 0.3 is 12.0 Å². The van der Waals surface area contributed by atoms with Gasteiger partial charge in [0.2, 0.25) is 0 Å². The van der Waals surface area contributed by atoms with Gasteiger partial charge in [-0.05, 0) is 26.2 Å². The Morgan fingerprint density at radius 2 is 2.00 bits per heavy atom. The Labute approximate surface area is 121 Å². The molecule has 118 valence electrons. The molecule has 6 heteroatoms. The highest BCUT2D eigenvalue weighted by Gasteiger charge is 2.17. The van der Waals surface area contributed by atoms with E-state index in [1.165, 1.54) is 0 Å².